The van der Waals surface area contributed by atoms with Crippen LogP contribution >= 0.6 is 0 Å². The number of carbonyl (C=O) groups excluding carboxylic acids is 2. The van der Waals surface area contributed by atoms with E-state index in [9.17, 15) is 9.59 Å². The van der Waals surface area contributed by atoms with Crippen molar-refractivity contribution in [3.05, 3.63) is 72.1 Å². The molecule has 0 aliphatic heterocycles. The summed E-state index contributed by atoms with van der Waals surface area (Å²) < 4.78 is 7.22. The first-order valence-electron chi connectivity index (χ1n) is 11.2. The van der Waals surface area contributed by atoms with Crippen molar-refractivity contribution in [3.8, 4) is 0 Å². The molecule has 180 valence electrons. The van der Waals surface area contributed by atoms with Crippen molar-refractivity contribution >= 4 is 29.1 Å². The van der Waals surface area contributed by atoms with Crippen molar-refractivity contribution in [2.75, 3.05) is 35.8 Å². The monoisotopic (exact) mass is 463 g/mol. The largest absolute Gasteiger partial charge is 0.447 e. The quantitative estimate of drug-likeness (QED) is 0.536. The van der Waals surface area contributed by atoms with Crippen LogP contribution in [0.3, 0.4) is 0 Å². The third-order valence-corrected chi connectivity index (χ3v) is 5.22. The maximum absolute atomic E-state index is 12.9. The molecule has 8 nitrogen and oxygen atoms in total. The molecule has 3 rings (SSSR count). The van der Waals surface area contributed by atoms with Crippen molar-refractivity contribution < 1.29 is 14.3 Å². The topological polar surface area (TPSA) is 79.7 Å². The Hall–Kier alpha value is -3.81. The Balaban J connectivity index is 1.71. The van der Waals surface area contributed by atoms with Crippen LogP contribution in [0.4, 0.5) is 21.9 Å². The summed E-state index contributed by atoms with van der Waals surface area (Å²) in [5, 5.41) is 7.06. The van der Waals surface area contributed by atoms with Crippen LogP contribution in [0.5, 0.6) is 0 Å². The molecule has 2 amide bonds. The van der Waals surface area contributed by atoms with Gasteiger partial charge in [0.1, 0.15) is 6.61 Å². The number of nitrogens with zero attached hydrogens (tertiary/aromatic N) is 4. The minimum absolute atomic E-state index is 0.192. The van der Waals surface area contributed by atoms with E-state index in [4.69, 9.17) is 4.74 Å². The van der Waals surface area contributed by atoms with Crippen molar-refractivity contribution in [1.82, 2.24) is 9.78 Å². The maximum Gasteiger partial charge on any atom is 0.414 e. The zero-order valence-electron chi connectivity index (χ0n) is 20.7. The van der Waals surface area contributed by atoms with Gasteiger partial charge >= 0.3 is 6.09 Å². The number of amides is 2. The number of hydrogen-bond donors (Lipinski definition) is 1. The van der Waals surface area contributed by atoms with Gasteiger partial charge in [-0.25, -0.2) is 4.79 Å². The first kappa shape index (κ1) is 24.8. The fourth-order valence-corrected chi connectivity index (χ4v) is 3.59. The molecule has 1 heterocycles. The number of rotatable bonds is 7. The van der Waals surface area contributed by atoms with Crippen molar-refractivity contribution in [2.24, 2.45) is 0 Å². The van der Waals surface area contributed by atoms with Gasteiger partial charge in [-0.05, 0) is 75.7 Å². The lowest BCUT2D eigenvalue weighted by Crippen LogP contribution is -2.46. The van der Waals surface area contributed by atoms with Gasteiger partial charge in [-0.15, -0.1) is 0 Å². The second-order valence-corrected chi connectivity index (χ2v) is 9.31. The van der Waals surface area contributed by atoms with Gasteiger partial charge in [0.05, 0.1) is 12.1 Å². The van der Waals surface area contributed by atoms with Gasteiger partial charge in [0.25, 0.3) is 5.91 Å². The molecule has 0 bridgehead atoms. The van der Waals surface area contributed by atoms with Crippen LogP contribution in [-0.2, 0) is 11.3 Å². The van der Waals surface area contributed by atoms with Crippen LogP contribution in [0.2, 0.25) is 0 Å². The molecule has 0 fully saturated rings. The Bertz CT molecular complexity index is 1120. The van der Waals surface area contributed by atoms with Gasteiger partial charge in [-0.2, -0.15) is 5.10 Å². The van der Waals surface area contributed by atoms with Crippen LogP contribution in [-0.4, -0.2) is 48.0 Å². The zero-order valence-corrected chi connectivity index (χ0v) is 20.7. The summed E-state index contributed by atoms with van der Waals surface area (Å²) in [6, 6.07) is 14.7. The number of aryl methyl sites for hydroxylation is 1. The molecular formula is C26H33N5O3. The van der Waals surface area contributed by atoms with E-state index in [0.29, 0.717) is 23.5 Å². The molecule has 8 heteroatoms. The predicted molar refractivity (Wildman–Crippen MR) is 136 cm³/mol. The number of hydrogen-bond acceptors (Lipinski definition) is 5. The average molecular weight is 464 g/mol. The zero-order chi connectivity index (χ0) is 24.9. The van der Waals surface area contributed by atoms with Crippen molar-refractivity contribution in [1.29, 1.82) is 0 Å². The summed E-state index contributed by atoms with van der Waals surface area (Å²) in [6.45, 7) is 8.52. The van der Waals surface area contributed by atoms with E-state index in [1.165, 1.54) is 0 Å². The Morgan fingerprint density at radius 2 is 1.79 bits per heavy atom. The number of nitrogens with one attached hydrogen (secondary N) is 1. The molecule has 0 saturated heterocycles. The molecule has 2 aromatic carbocycles. The van der Waals surface area contributed by atoms with Crippen LogP contribution in [0.25, 0.3) is 0 Å². The van der Waals surface area contributed by atoms with Crippen molar-refractivity contribution in [3.63, 3.8) is 0 Å². The first-order chi connectivity index (χ1) is 16.1. The van der Waals surface area contributed by atoms with Gasteiger partial charge < -0.3 is 15.0 Å². The second-order valence-electron chi connectivity index (χ2n) is 9.31. The second kappa shape index (κ2) is 10.4. The molecular weight excluding hydrogens is 430 g/mol. The smallest absolute Gasteiger partial charge is 0.414 e. The fourth-order valence-electron chi connectivity index (χ4n) is 3.59. The highest BCUT2D eigenvalue weighted by atomic mass is 16.6. The van der Waals surface area contributed by atoms with Gasteiger partial charge in [-0.3, -0.25) is 14.4 Å². The van der Waals surface area contributed by atoms with E-state index in [2.05, 4.69) is 10.4 Å². The van der Waals surface area contributed by atoms with Crippen LogP contribution in [0.15, 0.2) is 60.9 Å². The van der Waals surface area contributed by atoms with Crippen LogP contribution in [0, 0.1) is 6.92 Å². The van der Waals surface area contributed by atoms with Gasteiger partial charge in [0.2, 0.25) is 0 Å². The van der Waals surface area contributed by atoms with E-state index in [1.54, 1.807) is 40.0 Å². The Labute approximate surface area is 201 Å². The molecule has 0 aliphatic carbocycles. The molecule has 0 unspecified atom stereocenters. The average Bonchev–Trinajstić information content (AvgIpc) is 3.27. The fraction of sp³-hybridized carbons (Fsp3) is 0.346. The van der Waals surface area contributed by atoms with Crippen LogP contribution in [0.1, 0.15) is 36.7 Å². The SMILES string of the molecule is Cc1ccc(C(=O)Nc2ccc(N(C(=O)OCCn3cccn3)C(C)(C)C)cc2)c(N(C)C)c1. The summed E-state index contributed by atoms with van der Waals surface area (Å²) in [7, 11) is 3.82. The molecule has 0 spiro atoms. The molecule has 3 aromatic rings. The minimum Gasteiger partial charge on any atom is -0.447 e. The van der Waals surface area contributed by atoms with Crippen molar-refractivity contribution in [2.45, 2.75) is 39.8 Å². The summed E-state index contributed by atoms with van der Waals surface area (Å²) in [5.41, 5.74) is 3.35. The van der Waals surface area contributed by atoms with E-state index >= 15 is 0 Å². The Morgan fingerprint density at radius 3 is 2.38 bits per heavy atom. The van der Waals surface area contributed by atoms with Gasteiger partial charge in [0.15, 0.2) is 0 Å². The summed E-state index contributed by atoms with van der Waals surface area (Å²) in [6.07, 6.45) is 3.07. The lowest BCUT2D eigenvalue weighted by molar-refractivity contribution is 0.102. The third-order valence-electron chi connectivity index (χ3n) is 5.22. The normalized spacial score (nSPS) is 11.1. The highest BCUT2D eigenvalue weighted by molar-refractivity contribution is 6.08. The van der Waals surface area contributed by atoms with E-state index in [1.807, 2.05) is 77.2 Å². The highest BCUT2D eigenvalue weighted by Crippen LogP contribution is 2.27. The Morgan fingerprint density at radius 1 is 1.09 bits per heavy atom. The van der Waals surface area contributed by atoms with E-state index in [0.717, 1.165) is 11.3 Å². The minimum atomic E-state index is -0.504. The Kier molecular flexibility index (Phi) is 7.61. The van der Waals surface area contributed by atoms with Gasteiger partial charge in [-0.1, -0.05) is 6.07 Å². The molecule has 1 N–H and O–H groups in total. The standard InChI is InChI=1S/C26H33N5O3/c1-19-8-13-22(23(18-19)29(5)6)24(32)28-20-9-11-21(12-10-20)31(26(2,3)4)25(33)34-17-16-30-15-7-14-27-30/h7-15,18H,16-17H2,1-6H3,(H,28,32). The lowest BCUT2D eigenvalue weighted by atomic mass is 10.1. The maximum atomic E-state index is 12.9. The summed E-state index contributed by atoms with van der Waals surface area (Å²) in [5.74, 6) is -0.192. The number of aromatic nitrogens is 2. The predicted octanol–water partition coefficient (Wildman–Crippen LogP) is 4.95. The molecule has 0 saturated carbocycles. The number of carbonyl (C=O) groups is 2. The summed E-state index contributed by atoms with van der Waals surface area (Å²) >= 11 is 0. The number of benzene rings is 2. The summed E-state index contributed by atoms with van der Waals surface area (Å²) in [4.78, 5) is 29.3. The molecule has 0 atom stereocenters. The van der Waals surface area contributed by atoms with Crippen LogP contribution < -0.4 is 15.1 Å². The molecule has 0 radical (unpaired) electrons. The molecule has 1 aromatic heterocycles. The molecule has 0 aliphatic rings. The third kappa shape index (κ3) is 6.15. The van der Waals surface area contributed by atoms with E-state index < -0.39 is 11.6 Å². The first-order valence-corrected chi connectivity index (χ1v) is 11.2. The number of anilines is 3. The lowest BCUT2D eigenvalue weighted by Gasteiger charge is -2.34. The van der Waals surface area contributed by atoms with E-state index in [-0.39, 0.29) is 12.5 Å². The highest BCUT2D eigenvalue weighted by Gasteiger charge is 2.29. The molecule has 34 heavy (non-hydrogen) atoms. The van der Waals surface area contributed by atoms with Gasteiger partial charge in [0, 0.05) is 49.1 Å². The number of ether oxygens (including phenoxy) is 1.